The number of aliphatic imine (C=N–C) groups is 1. The maximum absolute atomic E-state index is 5.80. The standard InChI is InChI=1S/C16H21N3O/c1-2-10-18(9-1)12-13-20-16-6-4-15(5-7-16)19-11-3-8-17-14-19/h3-8,11H,1-2,9-10,12-14H2. The Bertz CT molecular complexity index is 475. The van der Waals surface area contributed by atoms with Crippen LogP contribution >= 0.6 is 0 Å². The molecule has 1 aromatic carbocycles. The third-order valence-electron chi connectivity index (χ3n) is 3.73. The first-order valence-corrected chi connectivity index (χ1v) is 7.30. The Balaban J connectivity index is 1.48. The van der Waals surface area contributed by atoms with Gasteiger partial charge in [0.1, 0.15) is 19.0 Å². The van der Waals surface area contributed by atoms with E-state index in [1.54, 1.807) is 0 Å². The molecule has 4 heteroatoms. The molecule has 106 valence electrons. The number of hydrogen-bond donors (Lipinski definition) is 0. The lowest BCUT2D eigenvalue weighted by molar-refractivity contribution is 0.238. The van der Waals surface area contributed by atoms with Crippen molar-refractivity contribution in [2.24, 2.45) is 4.99 Å². The summed E-state index contributed by atoms with van der Waals surface area (Å²) in [6, 6.07) is 8.23. The predicted molar refractivity (Wildman–Crippen MR) is 82.6 cm³/mol. The summed E-state index contributed by atoms with van der Waals surface area (Å²) in [5, 5.41) is 0. The van der Waals surface area contributed by atoms with Crippen molar-refractivity contribution in [2.75, 3.05) is 37.8 Å². The van der Waals surface area contributed by atoms with Gasteiger partial charge in [-0.1, -0.05) is 0 Å². The van der Waals surface area contributed by atoms with E-state index >= 15 is 0 Å². The third-order valence-corrected chi connectivity index (χ3v) is 3.73. The molecule has 0 amide bonds. The van der Waals surface area contributed by atoms with E-state index in [4.69, 9.17) is 4.74 Å². The molecule has 2 aliphatic rings. The summed E-state index contributed by atoms with van der Waals surface area (Å²) in [6.07, 6.45) is 8.48. The van der Waals surface area contributed by atoms with Gasteiger partial charge in [-0.25, -0.2) is 0 Å². The van der Waals surface area contributed by atoms with Crippen molar-refractivity contribution in [3.8, 4) is 5.75 Å². The van der Waals surface area contributed by atoms with Crippen LogP contribution < -0.4 is 9.64 Å². The van der Waals surface area contributed by atoms with Crippen LogP contribution in [0.25, 0.3) is 0 Å². The largest absolute Gasteiger partial charge is 0.492 e. The SMILES string of the molecule is C1=CN(c2ccc(OCCN3CCCC3)cc2)CN=C1. The lowest BCUT2D eigenvalue weighted by Gasteiger charge is -2.20. The fourth-order valence-corrected chi connectivity index (χ4v) is 2.59. The van der Waals surface area contributed by atoms with Crippen LogP contribution in [0.5, 0.6) is 5.75 Å². The second-order valence-corrected chi connectivity index (χ2v) is 5.18. The van der Waals surface area contributed by atoms with Crippen LogP contribution in [0.2, 0.25) is 0 Å². The van der Waals surface area contributed by atoms with E-state index in [0.29, 0.717) is 6.67 Å². The Hall–Kier alpha value is -1.81. The van der Waals surface area contributed by atoms with Crippen LogP contribution in [-0.4, -0.2) is 44.0 Å². The van der Waals surface area contributed by atoms with Gasteiger partial charge in [0.2, 0.25) is 0 Å². The second kappa shape index (κ2) is 6.57. The molecular weight excluding hydrogens is 250 g/mol. The summed E-state index contributed by atoms with van der Waals surface area (Å²) in [5.74, 6) is 0.942. The number of hydrogen-bond acceptors (Lipinski definition) is 4. The van der Waals surface area contributed by atoms with Gasteiger partial charge in [0.15, 0.2) is 0 Å². The molecule has 0 spiro atoms. The van der Waals surface area contributed by atoms with Crippen molar-refractivity contribution >= 4 is 11.9 Å². The van der Waals surface area contributed by atoms with E-state index in [1.807, 2.05) is 30.6 Å². The lowest BCUT2D eigenvalue weighted by atomic mass is 10.3. The summed E-state index contributed by atoms with van der Waals surface area (Å²) < 4.78 is 5.80. The number of ether oxygens (including phenoxy) is 1. The predicted octanol–water partition coefficient (Wildman–Crippen LogP) is 2.52. The first kappa shape index (κ1) is 13.2. The van der Waals surface area contributed by atoms with Gasteiger partial charge in [-0.05, 0) is 56.3 Å². The highest BCUT2D eigenvalue weighted by Gasteiger charge is 2.10. The van der Waals surface area contributed by atoms with Crippen molar-refractivity contribution < 1.29 is 4.74 Å². The molecule has 0 N–H and O–H groups in total. The van der Waals surface area contributed by atoms with Gasteiger partial charge in [-0.15, -0.1) is 0 Å². The molecule has 1 saturated heterocycles. The minimum atomic E-state index is 0.686. The van der Waals surface area contributed by atoms with Crippen LogP contribution in [0.3, 0.4) is 0 Å². The monoisotopic (exact) mass is 271 g/mol. The number of anilines is 1. The zero-order chi connectivity index (χ0) is 13.6. The van der Waals surface area contributed by atoms with Gasteiger partial charge in [0.05, 0.1) is 0 Å². The topological polar surface area (TPSA) is 28.1 Å². The summed E-state index contributed by atoms with van der Waals surface area (Å²) in [5.41, 5.74) is 1.14. The summed E-state index contributed by atoms with van der Waals surface area (Å²) >= 11 is 0. The van der Waals surface area contributed by atoms with Crippen LogP contribution in [0.4, 0.5) is 5.69 Å². The summed E-state index contributed by atoms with van der Waals surface area (Å²) in [7, 11) is 0. The second-order valence-electron chi connectivity index (χ2n) is 5.18. The molecule has 20 heavy (non-hydrogen) atoms. The molecule has 0 saturated carbocycles. The van der Waals surface area contributed by atoms with E-state index < -0.39 is 0 Å². The molecule has 0 aliphatic carbocycles. The molecule has 2 heterocycles. The Morgan fingerprint density at radius 1 is 1.10 bits per heavy atom. The normalized spacial score (nSPS) is 18.7. The fraction of sp³-hybridized carbons (Fsp3) is 0.438. The maximum atomic E-state index is 5.80. The summed E-state index contributed by atoms with van der Waals surface area (Å²) in [6.45, 7) is 4.94. The zero-order valence-electron chi connectivity index (χ0n) is 11.7. The van der Waals surface area contributed by atoms with Crippen molar-refractivity contribution in [1.29, 1.82) is 0 Å². The average Bonchev–Trinajstić information content (AvgIpc) is 3.02. The Morgan fingerprint density at radius 3 is 2.60 bits per heavy atom. The Labute approximate surface area is 120 Å². The van der Waals surface area contributed by atoms with Crippen molar-refractivity contribution in [3.05, 3.63) is 36.5 Å². The fourth-order valence-electron chi connectivity index (χ4n) is 2.59. The average molecular weight is 271 g/mol. The van der Waals surface area contributed by atoms with Crippen molar-refractivity contribution in [1.82, 2.24) is 4.90 Å². The van der Waals surface area contributed by atoms with Crippen LogP contribution in [0.1, 0.15) is 12.8 Å². The molecule has 0 atom stereocenters. The molecule has 0 radical (unpaired) electrons. The molecule has 4 nitrogen and oxygen atoms in total. The van der Waals surface area contributed by atoms with E-state index in [2.05, 4.69) is 26.9 Å². The summed E-state index contributed by atoms with van der Waals surface area (Å²) in [4.78, 5) is 8.80. The molecule has 1 aromatic rings. The van der Waals surface area contributed by atoms with Crippen LogP contribution in [0, 0.1) is 0 Å². The van der Waals surface area contributed by atoms with Gasteiger partial charge >= 0.3 is 0 Å². The lowest BCUT2D eigenvalue weighted by Crippen LogP contribution is -2.25. The third kappa shape index (κ3) is 3.39. The molecule has 2 aliphatic heterocycles. The van der Waals surface area contributed by atoms with Crippen LogP contribution in [0.15, 0.2) is 41.5 Å². The van der Waals surface area contributed by atoms with Crippen LogP contribution in [-0.2, 0) is 0 Å². The Morgan fingerprint density at radius 2 is 1.90 bits per heavy atom. The van der Waals surface area contributed by atoms with Crippen molar-refractivity contribution in [2.45, 2.75) is 12.8 Å². The molecule has 3 rings (SSSR count). The number of benzene rings is 1. The van der Waals surface area contributed by atoms with Gasteiger partial charge in [-0.2, -0.15) is 0 Å². The van der Waals surface area contributed by atoms with Gasteiger partial charge < -0.3 is 9.64 Å². The number of nitrogens with zero attached hydrogens (tertiary/aromatic N) is 3. The first-order chi connectivity index (χ1) is 9.92. The maximum Gasteiger partial charge on any atom is 0.119 e. The van der Waals surface area contributed by atoms with Gasteiger partial charge in [0, 0.05) is 24.6 Å². The van der Waals surface area contributed by atoms with Gasteiger partial charge in [-0.3, -0.25) is 9.89 Å². The highest BCUT2D eigenvalue weighted by atomic mass is 16.5. The van der Waals surface area contributed by atoms with E-state index in [9.17, 15) is 0 Å². The molecule has 0 unspecified atom stereocenters. The highest BCUT2D eigenvalue weighted by molar-refractivity contribution is 5.74. The smallest absolute Gasteiger partial charge is 0.119 e. The van der Waals surface area contributed by atoms with E-state index in [1.165, 1.54) is 25.9 Å². The molecule has 1 fully saturated rings. The first-order valence-electron chi connectivity index (χ1n) is 7.30. The van der Waals surface area contributed by atoms with E-state index in [0.717, 1.165) is 24.6 Å². The highest BCUT2D eigenvalue weighted by Crippen LogP contribution is 2.20. The Kier molecular flexibility index (Phi) is 4.33. The molecule has 0 aromatic heterocycles. The van der Waals surface area contributed by atoms with Crippen molar-refractivity contribution in [3.63, 3.8) is 0 Å². The quantitative estimate of drug-likeness (QED) is 0.823. The number of rotatable bonds is 5. The van der Waals surface area contributed by atoms with Gasteiger partial charge in [0.25, 0.3) is 0 Å². The molecular formula is C16H21N3O. The molecule has 0 bridgehead atoms. The number of likely N-dealkylation sites (tertiary alicyclic amines) is 1. The zero-order valence-corrected chi connectivity index (χ0v) is 11.7. The minimum absolute atomic E-state index is 0.686. The van der Waals surface area contributed by atoms with E-state index in [-0.39, 0.29) is 0 Å². The number of allylic oxidation sites excluding steroid dienone is 1. The minimum Gasteiger partial charge on any atom is -0.492 e.